The van der Waals surface area contributed by atoms with Gasteiger partial charge in [-0.2, -0.15) is 4.98 Å². The van der Waals surface area contributed by atoms with Crippen LogP contribution in [0.5, 0.6) is 5.88 Å². The first kappa shape index (κ1) is 24.8. The molecule has 0 N–H and O–H groups in total. The lowest BCUT2D eigenvalue weighted by atomic mass is 10.00. The summed E-state index contributed by atoms with van der Waals surface area (Å²) in [6.45, 7) is 1.61. The first-order valence-electron chi connectivity index (χ1n) is 11.3. The minimum Gasteiger partial charge on any atom is -0.472 e. The summed E-state index contributed by atoms with van der Waals surface area (Å²) < 4.78 is 33.4. The van der Waals surface area contributed by atoms with Crippen LogP contribution in [-0.2, 0) is 6.61 Å². The Morgan fingerprint density at radius 3 is 2.22 bits per heavy atom. The van der Waals surface area contributed by atoms with Gasteiger partial charge in [0.2, 0.25) is 11.8 Å². The molecule has 1 aromatic heterocycles. The van der Waals surface area contributed by atoms with Crippen LogP contribution in [-0.4, -0.2) is 23.1 Å². The molecule has 1 aliphatic heterocycles. The summed E-state index contributed by atoms with van der Waals surface area (Å²) in [5, 5.41) is 1.50. The molecule has 0 unspecified atom stereocenters. The van der Waals surface area contributed by atoms with Gasteiger partial charge in [-0.3, -0.25) is 0 Å². The number of nitrogens with zero attached hydrogens (tertiary/aromatic N) is 3. The van der Waals surface area contributed by atoms with Crippen molar-refractivity contribution in [2.75, 3.05) is 18.0 Å². The predicted molar refractivity (Wildman–Crippen MR) is 140 cm³/mol. The third-order valence-electron chi connectivity index (χ3n) is 5.93. The van der Waals surface area contributed by atoms with Crippen molar-refractivity contribution in [2.24, 2.45) is 0 Å². The summed E-state index contributed by atoms with van der Waals surface area (Å²) >= 11 is 18.9. The van der Waals surface area contributed by atoms with Crippen molar-refractivity contribution in [1.29, 1.82) is 0 Å². The van der Waals surface area contributed by atoms with Crippen molar-refractivity contribution >= 4 is 40.8 Å². The molecule has 0 saturated carbocycles. The Morgan fingerprint density at radius 2 is 1.53 bits per heavy atom. The van der Waals surface area contributed by atoms with E-state index in [1.807, 2.05) is 12.1 Å². The lowest BCUT2D eigenvalue weighted by molar-refractivity contribution is 0.294. The van der Waals surface area contributed by atoms with E-state index in [2.05, 4.69) is 4.90 Å². The second-order valence-corrected chi connectivity index (χ2v) is 9.69. The molecular weight excluding hydrogens is 527 g/mol. The third-order valence-corrected chi connectivity index (χ3v) is 6.73. The largest absolute Gasteiger partial charge is 0.472 e. The molecule has 4 nitrogen and oxygen atoms in total. The maximum atomic E-state index is 13.8. The molecule has 0 amide bonds. The molecular formula is C27H20Cl3F2N3O. The highest BCUT2D eigenvalue weighted by atomic mass is 35.5. The Labute approximate surface area is 222 Å². The van der Waals surface area contributed by atoms with Crippen LogP contribution in [0.4, 0.5) is 14.7 Å². The highest BCUT2D eigenvalue weighted by molar-refractivity contribution is 6.36. The third kappa shape index (κ3) is 5.26. The molecule has 0 aliphatic carbocycles. The van der Waals surface area contributed by atoms with Gasteiger partial charge < -0.3 is 9.64 Å². The fourth-order valence-corrected chi connectivity index (χ4v) is 4.75. The SMILES string of the molecule is Fc1ccc(COc2nc(N3CCCC3)nc(-c3ccc(Cl)cc3Cl)c2-c2ccc(Cl)cc2)cc1F. The molecule has 4 aromatic rings. The van der Waals surface area contributed by atoms with E-state index in [4.69, 9.17) is 49.5 Å². The second kappa shape index (κ2) is 10.6. The number of aromatic nitrogens is 2. The molecule has 1 saturated heterocycles. The topological polar surface area (TPSA) is 38.2 Å². The molecule has 1 fully saturated rings. The maximum absolute atomic E-state index is 13.8. The lowest BCUT2D eigenvalue weighted by Gasteiger charge is -2.21. The molecule has 9 heteroatoms. The monoisotopic (exact) mass is 545 g/mol. The van der Waals surface area contributed by atoms with Gasteiger partial charge in [0, 0.05) is 28.7 Å². The highest BCUT2D eigenvalue weighted by Crippen LogP contribution is 2.42. The molecule has 2 heterocycles. The summed E-state index contributed by atoms with van der Waals surface area (Å²) in [7, 11) is 0. The predicted octanol–water partition coefficient (Wildman–Crippen LogP) is 8.23. The van der Waals surface area contributed by atoms with Gasteiger partial charge in [0.1, 0.15) is 6.61 Å². The number of ether oxygens (including phenoxy) is 1. The van der Waals surface area contributed by atoms with Gasteiger partial charge in [0.05, 0.1) is 16.3 Å². The van der Waals surface area contributed by atoms with Crippen LogP contribution in [0.2, 0.25) is 15.1 Å². The first-order chi connectivity index (χ1) is 17.4. The molecule has 3 aromatic carbocycles. The van der Waals surface area contributed by atoms with E-state index >= 15 is 0 Å². The number of hydrogen-bond acceptors (Lipinski definition) is 4. The lowest BCUT2D eigenvalue weighted by Crippen LogP contribution is -2.21. The summed E-state index contributed by atoms with van der Waals surface area (Å²) in [6.07, 6.45) is 2.06. The summed E-state index contributed by atoms with van der Waals surface area (Å²) in [4.78, 5) is 11.8. The smallest absolute Gasteiger partial charge is 0.229 e. The van der Waals surface area contributed by atoms with E-state index in [0.29, 0.717) is 49.3 Å². The van der Waals surface area contributed by atoms with E-state index in [1.165, 1.54) is 6.07 Å². The minimum absolute atomic E-state index is 0.0258. The van der Waals surface area contributed by atoms with Crippen molar-refractivity contribution < 1.29 is 13.5 Å². The van der Waals surface area contributed by atoms with Crippen LogP contribution in [0.25, 0.3) is 22.4 Å². The summed E-state index contributed by atoms with van der Waals surface area (Å²) in [6, 6.07) is 16.1. The van der Waals surface area contributed by atoms with E-state index in [-0.39, 0.29) is 6.61 Å². The standard InChI is InChI=1S/C27H20Cl3F2N3O/c28-18-6-4-17(5-7-18)24-25(20-9-8-19(29)14-21(20)30)33-27(35-11-1-2-12-35)34-26(24)36-15-16-3-10-22(31)23(32)13-16/h3-10,13-14H,1-2,11-12,15H2. The molecule has 36 heavy (non-hydrogen) atoms. The number of anilines is 1. The van der Waals surface area contributed by atoms with Gasteiger partial charge >= 0.3 is 0 Å². The van der Waals surface area contributed by atoms with Crippen LogP contribution in [0.15, 0.2) is 60.7 Å². The Kier molecular flexibility index (Phi) is 7.28. The van der Waals surface area contributed by atoms with Crippen molar-refractivity contribution in [2.45, 2.75) is 19.4 Å². The molecule has 0 radical (unpaired) electrons. The molecule has 0 atom stereocenters. The van der Waals surface area contributed by atoms with Crippen molar-refractivity contribution in [3.8, 4) is 28.3 Å². The molecule has 5 rings (SSSR count). The van der Waals surface area contributed by atoms with Gasteiger partial charge in [-0.05, 0) is 66.4 Å². The number of benzene rings is 3. The van der Waals surface area contributed by atoms with Crippen molar-refractivity contribution in [3.05, 3.63) is 92.9 Å². The Bertz CT molecular complexity index is 1410. The van der Waals surface area contributed by atoms with E-state index in [0.717, 1.165) is 43.6 Å². The van der Waals surface area contributed by atoms with Gasteiger partial charge in [0.25, 0.3) is 0 Å². The molecule has 0 bridgehead atoms. The average molecular weight is 547 g/mol. The zero-order valence-electron chi connectivity index (χ0n) is 18.9. The van der Waals surface area contributed by atoms with Crippen LogP contribution < -0.4 is 9.64 Å². The van der Waals surface area contributed by atoms with Crippen molar-refractivity contribution in [3.63, 3.8) is 0 Å². The highest BCUT2D eigenvalue weighted by Gasteiger charge is 2.24. The average Bonchev–Trinajstić information content (AvgIpc) is 3.40. The first-order valence-corrected chi connectivity index (χ1v) is 12.5. The van der Waals surface area contributed by atoms with E-state index in [1.54, 1.807) is 30.3 Å². The van der Waals surface area contributed by atoms with Gasteiger partial charge in [-0.1, -0.05) is 53.0 Å². The summed E-state index contributed by atoms with van der Waals surface area (Å²) in [5.74, 6) is -1.06. The zero-order valence-corrected chi connectivity index (χ0v) is 21.2. The van der Waals surface area contributed by atoms with Gasteiger partial charge in [-0.25, -0.2) is 13.8 Å². The van der Waals surface area contributed by atoms with Crippen LogP contribution in [0.1, 0.15) is 18.4 Å². The van der Waals surface area contributed by atoms with Crippen molar-refractivity contribution in [1.82, 2.24) is 9.97 Å². The fourth-order valence-electron chi connectivity index (χ4n) is 4.13. The molecule has 184 valence electrons. The Morgan fingerprint density at radius 1 is 0.806 bits per heavy atom. The minimum atomic E-state index is -0.942. The quantitative estimate of drug-likeness (QED) is 0.244. The maximum Gasteiger partial charge on any atom is 0.229 e. The Hall–Kier alpha value is -2.93. The number of hydrogen-bond donors (Lipinski definition) is 0. The molecule has 1 aliphatic rings. The zero-order chi connectivity index (χ0) is 25.2. The normalized spacial score (nSPS) is 13.3. The van der Waals surface area contributed by atoms with E-state index < -0.39 is 11.6 Å². The van der Waals surface area contributed by atoms with E-state index in [9.17, 15) is 8.78 Å². The second-order valence-electron chi connectivity index (χ2n) is 8.41. The Balaban J connectivity index is 1.69. The van der Waals surface area contributed by atoms with Crippen LogP contribution in [0.3, 0.4) is 0 Å². The number of rotatable bonds is 6. The molecule has 0 spiro atoms. The van der Waals surface area contributed by atoms with Gasteiger partial charge in [0.15, 0.2) is 11.6 Å². The number of halogens is 5. The van der Waals surface area contributed by atoms with Gasteiger partial charge in [-0.15, -0.1) is 0 Å². The van der Waals surface area contributed by atoms with Crippen LogP contribution >= 0.6 is 34.8 Å². The fraction of sp³-hybridized carbons (Fsp3) is 0.185. The summed E-state index contributed by atoms with van der Waals surface area (Å²) in [5.41, 5.74) is 3.04. The van der Waals surface area contributed by atoms with Crippen LogP contribution in [0, 0.1) is 11.6 Å².